The van der Waals surface area contributed by atoms with Crippen molar-refractivity contribution in [2.24, 2.45) is 0 Å². The number of rotatable bonds is 5. The zero-order valence-electron chi connectivity index (χ0n) is 19.7. The van der Waals surface area contributed by atoms with Crippen molar-refractivity contribution >= 4 is 38.9 Å². The summed E-state index contributed by atoms with van der Waals surface area (Å²) in [6.45, 7) is 0. The normalized spacial score (nSPS) is 13.2. The molecule has 0 saturated heterocycles. The molecule has 0 unspecified atom stereocenters. The molecular weight excluding hydrogens is 415 g/mol. The van der Waals surface area contributed by atoms with Crippen LogP contribution in [0.25, 0.3) is 0 Å². The van der Waals surface area contributed by atoms with Crippen molar-refractivity contribution in [1.29, 1.82) is 0 Å². The third-order valence-electron chi connectivity index (χ3n) is 6.72. The fourth-order valence-corrected chi connectivity index (χ4v) is 6.14. The van der Waals surface area contributed by atoms with Crippen molar-refractivity contribution in [3.63, 3.8) is 0 Å². The summed E-state index contributed by atoms with van der Waals surface area (Å²) < 4.78 is 0. The first kappa shape index (κ1) is 23.2. The molecule has 0 aromatic heterocycles. The van der Waals surface area contributed by atoms with E-state index in [2.05, 4.69) is 140 Å². The van der Waals surface area contributed by atoms with E-state index in [1.165, 1.54) is 41.1 Å². The highest BCUT2D eigenvalue weighted by Crippen LogP contribution is 2.21. The molecule has 0 atom stereocenters. The van der Waals surface area contributed by atoms with Gasteiger partial charge in [-0.15, -0.1) is 0 Å². The second-order valence-electron chi connectivity index (χ2n) is 8.89. The van der Waals surface area contributed by atoms with E-state index in [-0.39, 0.29) is 0 Å². The largest absolute Gasteiger partial charge is 0.195 e. The third-order valence-corrected chi connectivity index (χ3v) is 8.14. The monoisotopic (exact) mass is 448 g/mol. The lowest BCUT2D eigenvalue weighted by Gasteiger charge is -2.44. The van der Waals surface area contributed by atoms with Crippen molar-refractivity contribution in [3.05, 3.63) is 132 Å². The van der Waals surface area contributed by atoms with Crippen LogP contribution < -0.4 is 21.9 Å². The average molecular weight is 448 g/mol. The summed E-state index contributed by atoms with van der Waals surface area (Å²) in [6, 6.07) is 43.5. The molecule has 33 heavy (non-hydrogen) atoms. The van der Waals surface area contributed by atoms with Crippen LogP contribution in [0, 0.1) is 0 Å². The van der Waals surface area contributed by atoms with E-state index in [9.17, 15) is 0 Å². The number of hydrogen-bond acceptors (Lipinski definition) is 0. The van der Waals surface area contributed by atoms with E-state index in [1.54, 1.807) is 4.91 Å². The number of benzene rings is 4. The Hall–Kier alpha value is -2.97. The SMILES string of the molecule is C[S+](C)C1=CCCC1.c1ccc([B-](c2ccccc2)(c2ccccc2)c2ccccc2)cc1. The summed E-state index contributed by atoms with van der Waals surface area (Å²) in [5.41, 5.74) is 5.36. The Labute approximate surface area is 202 Å². The Morgan fingerprint density at radius 1 is 0.515 bits per heavy atom. The van der Waals surface area contributed by atoms with Gasteiger partial charge in [-0.25, -0.2) is 0 Å². The highest BCUT2D eigenvalue weighted by molar-refractivity contribution is 7.99. The highest BCUT2D eigenvalue weighted by Gasteiger charge is 2.31. The quantitative estimate of drug-likeness (QED) is 0.298. The van der Waals surface area contributed by atoms with Crippen LogP contribution in [-0.4, -0.2) is 18.7 Å². The second-order valence-corrected chi connectivity index (χ2v) is 11.0. The zero-order chi connectivity index (χ0) is 22.9. The van der Waals surface area contributed by atoms with Crippen LogP contribution in [0.4, 0.5) is 0 Å². The van der Waals surface area contributed by atoms with Gasteiger partial charge in [-0.2, -0.15) is 21.9 Å². The van der Waals surface area contributed by atoms with Gasteiger partial charge in [0.15, 0.2) is 0 Å². The van der Waals surface area contributed by atoms with E-state index in [0.29, 0.717) is 10.9 Å². The smallest absolute Gasteiger partial charge is 0.127 e. The molecule has 0 aliphatic heterocycles. The van der Waals surface area contributed by atoms with Crippen LogP contribution in [0.15, 0.2) is 132 Å². The van der Waals surface area contributed by atoms with Gasteiger partial charge < -0.3 is 0 Å². The molecule has 0 saturated carbocycles. The average Bonchev–Trinajstić information content (AvgIpc) is 3.44. The van der Waals surface area contributed by atoms with Gasteiger partial charge in [0, 0.05) is 17.3 Å². The maximum Gasteiger partial charge on any atom is 0.127 e. The molecule has 0 spiro atoms. The Morgan fingerprint density at radius 2 is 0.848 bits per heavy atom. The lowest BCUT2D eigenvalue weighted by atomic mass is 9.13. The molecule has 4 aromatic carbocycles. The van der Waals surface area contributed by atoms with Gasteiger partial charge in [0.2, 0.25) is 0 Å². The van der Waals surface area contributed by atoms with Crippen LogP contribution in [0.3, 0.4) is 0 Å². The fourth-order valence-electron chi connectivity index (χ4n) is 5.13. The van der Waals surface area contributed by atoms with Crippen molar-refractivity contribution in [3.8, 4) is 0 Å². The minimum atomic E-state index is -1.22. The minimum Gasteiger partial charge on any atom is -0.195 e. The van der Waals surface area contributed by atoms with Crippen LogP contribution in [0.5, 0.6) is 0 Å². The van der Waals surface area contributed by atoms with Crippen molar-refractivity contribution in [2.75, 3.05) is 12.5 Å². The molecule has 0 amide bonds. The van der Waals surface area contributed by atoms with Crippen LogP contribution in [-0.2, 0) is 10.9 Å². The van der Waals surface area contributed by atoms with Gasteiger partial charge in [0.1, 0.15) is 23.6 Å². The molecule has 0 heterocycles. The first-order valence-corrected chi connectivity index (χ1v) is 13.9. The fraction of sp³-hybridized carbons (Fsp3) is 0.161. The minimum absolute atomic E-state index is 0.570. The molecule has 1 aliphatic rings. The van der Waals surface area contributed by atoms with E-state index < -0.39 is 6.15 Å². The standard InChI is InChI=1S/C24H20B.C7H13S/c1-5-13-21(14-6-1)25(22-15-7-2-8-16-22,23-17-9-3-10-18-23)24-19-11-4-12-20-24;1-8(2)7-5-3-4-6-7/h1-20H;5H,3-4,6H2,1-2H3/q-1;+1. The lowest BCUT2D eigenvalue weighted by molar-refractivity contribution is 0.924. The van der Waals surface area contributed by atoms with Gasteiger partial charge in [0.25, 0.3) is 0 Å². The second kappa shape index (κ2) is 11.3. The molecule has 5 rings (SSSR count). The first-order chi connectivity index (χ1) is 16.2. The third kappa shape index (κ3) is 5.18. The summed E-state index contributed by atoms with van der Waals surface area (Å²) in [5, 5.41) is 0. The molecule has 1 aliphatic carbocycles. The summed E-state index contributed by atoms with van der Waals surface area (Å²) in [4.78, 5) is 1.70. The van der Waals surface area contributed by atoms with Gasteiger partial charge in [-0.05, 0) is 18.9 Å². The Bertz CT molecular complexity index is 973. The van der Waals surface area contributed by atoms with Crippen molar-refractivity contribution < 1.29 is 0 Å². The first-order valence-electron chi connectivity index (χ1n) is 11.9. The van der Waals surface area contributed by atoms with Gasteiger partial charge >= 0.3 is 0 Å². The Balaban J connectivity index is 0.000000275. The number of hydrogen-bond donors (Lipinski definition) is 0. The predicted molar refractivity (Wildman–Crippen MR) is 151 cm³/mol. The molecular formula is C31H33BS. The Kier molecular flexibility index (Phi) is 7.91. The highest BCUT2D eigenvalue weighted by atomic mass is 32.2. The van der Waals surface area contributed by atoms with Crippen LogP contribution in [0.1, 0.15) is 19.3 Å². The van der Waals surface area contributed by atoms with Gasteiger partial charge in [-0.1, -0.05) is 121 Å². The molecule has 0 radical (unpaired) electrons. The number of allylic oxidation sites excluding steroid dienone is 2. The molecule has 2 heteroatoms. The van der Waals surface area contributed by atoms with Crippen molar-refractivity contribution in [1.82, 2.24) is 0 Å². The summed E-state index contributed by atoms with van der Waals surface area (Å²) in [7, 11) is 0.570. The molecule has 166 valence electrons. The predicted octanol–water partition coefficient (Wildman–Crippen LogP) is 5.00. The molecule has 0 nitrogen and oxygen atoms in total. The van der Waals surface area contributed by atoms with E-state index >= 15 is 0 Å². The van der Waals surface area contributed by atoms with E-state index in [1.807, 2.05) is 0 Å². The zero-order valence-corrected chi connectivity index (χ0v) is 20.5. The maximum absolute atomic E-state index is 2.41. The van der Waals surface area contributed by atoms with E-state index in [0.717, 1.165) is 0 Å². The van der Waals surface area contributed by atoms with Gasteiger partial charge in [-0.3, -0.25) is 0 Å². The summed E-state index contributed by atoms with van der Waals surface area (Å²) in [5.74, 6) is 0. The molecule has 4 aromatic rings. The Morgan fingerprint density at radius 3 is 1.06 bits per heavy atom. The van der Waals surface area contributed by atoms with Crippen LogP contribution in [0.2, 0.25) is 0 Å². The molecule has 0 N–H and O–H groups in total. The van der Waals surface area contributed by atoms with E-state index in [4.69, 9.17) is 0 Å². The maximum atomic E-state index is 2.41. The topological polar surface area (TPSA) is 0 Å². The summed E-state index contributed by atoms with van der Waals surface area (Å²) in [6.07, 6.45) is 9.90. The molecule has 0 fully saturated rings. The lowest BCUT2D eigenvalue weighted by Crippen LogP contribution is -2.74. The van der Waals surface area contributed by atoms with Crippen LogP contribution >= 0.6 is 0 Å². The van der Waals surface area contributed by atoms with Gasteiger partial charge in [0.05, 0.1) is 0 Å². The summed E-state index contributed by atoms with van der Waals surface area (Å²) >= 11 is 0. The van der Waals surface area contributed by atoms with Crippen molar-refractivity contribution in [2.45, 2.75) is 19.3 Å². The molecule has 0 bridgehead atoms.